The summed E-state index contributed by atoms with van der Waals surface area (Å²) in [6.45, 7) is 5.24. The lowest BCUT2D eigenvalue weighted by Gasteiger charge is -2.09. The van der Waals surface area contributed by atoms with Crippen molar-refractivity contribution in [3.63, 3.8) is 0 Å². The summed E-state index contributed by atoms with van der Waals surface area (Å²) >= 11 is 0. The summed E-state index contributed by atoms with van der Waals surface area (Å²) in [4.78, 5) is 12.3. The van der Waals surface area contributed by atoms with Crippen LogP contribution >= 0.6 is 0 Å². The molecule has 0 amide bonds. The minimum atomic E-state index is -0.0503. The molecule has 98 valence electrons. The molecule has 0 bridgehead atoms. The van der Waals surface area contributed by atoms with Gasteiger partial charge in [-0.15, -0.1) is 0 Å². The first-order valence-corrected chi connectivity index (χ1v) is 6.59. The van der Waals surface area contributed by atoms with Crippen LogP contribution in [-0.4, -0.2) is 22.4 Å². The number of nitrogens with zero attached hydrogens (tertiary/aromatic N) is 2. The molecule has 1 aromatic carbocycles. The van der Waals surface area contributed by atoms with Crippen molar-refractivity contribution in [1.29, 1.82) is 0 Å². The molecule has 1 saturated carbocycles. The fraction of sp³-hybridized carbons (Fsp3) is 0.333. The summed E-state index contributed by atoms with van der Waals surface area (Å²) in [7, 11) is 0. The fourth-order valence-corrected chi connectivity index (χ4v) is 2.08. The van der Waals surface area contributed by atoms with E-state index in [-0.39, 0.29) is 5.56 Å². The number of hydrogen-bond donors (Lipinski definition) is 1. The fourth-order valence-electron chi connectivity index (χ4n) is 2.08. The molecule has 19 heavy (non-hydrogen) atoms. The van der Waals surface area contributed by atoms with Crippen molar-refractivity contribution in [2.24, 2.45) is 0 Å². The van der Waals surface area contributed by atoms with Crippen molar-refractivity contribution in [3.05, 3.63) is 53.0 Å². The Labute approximate surface area is 111 Å². The van der Waals surface area contributed by atoms with E-state index in [0.717, 1.165) is 17.5 Å². The first-order valence-electron chi connectivity index (χ1n) is 6.59. The molecule has 1 heterocycles. The minimum Gasteiger partial charge on any atom is -0.310 e. The molecule has 4 nitrogen and oxygen atoms in total. The summed E-state index contributed by atoms with van der Waals surface area (Å²) in [6.07, 6.45) is 4.24. The van der Waals surface area contributed by atoms with Gasteiger partial charge in [-0.3, -0.25) is 4.79 Å². The summed E-state index contributed by atoms with van der Waals surface area (Å²) < 4.78 is 1.49. The zero-order valence-corrected chi connectivity index (χ0v) is 10.8. The summed E-state index contributed by atoms with van der Waals surface area (Å²) in [6, 6.07) is 8.17. The Balaban J connectivity index is 1.78. The van der Waals surface area contributed by atoms with Gasteiger partial charge in [0.05, 0.1) is 18.1 Å². The molecule has 1 aliphatic rings. The highest BCUT2D eigenvalue weighted by molar-refractivity contribution is 5.80. The molecule has 0 unspecified atom stereocenters. The third kappa shape index (κ3) is 2.74. The molecule has 1 aromatic heterocycles. The Morgan fingerprint density at radius 3 is 3.00 bits per heavy atom. The molecule has 0 spiro atoms. The molecule has 0 atom stereocenters. The lowest BCUT2D eigenvalue weighted by molar-refractivity contribution is 0.610. The van der Waals surface area contributed by atoms with Crippen molar-refractivity contribution >= 4 is 10.8 Å². The maximum absolute atomic E-state index is 12.3. The lowest BCUT2D eigenvalue weighted by atomic mass is 10.2. The van der Waals surface area contributed by atoms with Gasteiger partial charge in [0.15, 0.2) is 0 Å². The molecule has 0 aliphatic heterocycles. The Bertz CT molecular complexity index is 670. The second kappa shape index (κ2) is 4.97. The highest BCUT2D eigenvalue weighted by atomic mass is 16.1. The van der Waals surface area contributed by atoms with Crippen LogP contribution in [0.5, 0.6) is 0 Å². The SMILES string of the molecule is C=C(CNC1CC1)Cn1ncc2ccccc2c1=O. The van der Waals surface area contributed by atoms with Gasteiger partial charge in [-0.05, 0) is 24.5 Å². The van der Waals surface area contributed by atoms with Crippen molar-refractivity contribution in [3.8, 4) is 0 Å². The van der Waals surface area contributed by atoms with E-state index in [1.54, 1.807) is 6.20 Å². The van der Waals surface area contributed by atoms with E-state index in [4.69, 9.17) is 0 Å². The second-order valence-corrected chi connectivity index (χ2v) is 5.10. The van der Waals surface area contributed by atoms with E-state index >= 15 is 0 Å². The van der Waals surface area contributed by atoms with Crippen LogP contribution in [0.2, 0.25) is 0 Å². The number of nitrogens with one attached hydrogen (secondary N) is 1. The van der Waals surface area contributed by atoms with Crippen LogP contribution in [-0.2, 0) is 6.54 Å². The van der Waals surface area contributed by atoms with Crippen molar-refractivity contribution in [2.75, 3.05) is 6.54 Å². The van der Waals surface area contributed by atoms with Crippen LogP contribution in [0.3, 0.4) is 0 Å². The van der Waals surface area contributed by atoms with E-state index in [9.17, 15) is 4.79 Å². The molecule has 0 radical (unpaired) electrons. The number of aromatic nitrogens is 2. The second-order valence-electron chi connectivity index (χ2n) is 5.10. The summed E-state index contributed by atoms with van der Waals surface area (Å²) in [5.41, 5.74) is 0.933. The highest BCUT2D eigenvalue weighted by Gasteiger charge is 2.20. The van der Waals surface area contributed by atoms with Crippen LogP contribution in [0.25, 0.3) is 10.8 Å². The maximum atomic E-state index is 12.3. The van der Waals surface area contributed by atoms with Crippen molar-refractivity contribution in [1.82, 2.24) is 15.1 Å². The van der Waals surface area contributed by atoms with Gasteiger partial charge in [-0.25, -0.2) is 4.68 Å². The zero-order chi connectivity index (χ0) is 13.2. The standard InChI is InChI=1S/C15H17N3O/c1-11(8-16-13-6-7-13)10-18-15(19)14-5-3-2-4-12(14)9-17-18/h2-5,9,13,16H,1,6-8,10H2. The van der Waals surface area contributed by atoms with Crippen LogP contribution in [0.1, 0.15) is 12.8 Å². The van der Waals surface area contributed by atoms with Crippen LogP contribution in [0.4, 0.5) is 0 Å². The molecule has 2 aromatic rings. The normalized spacial score (nSPS) is 14.7. The summed E-state index contributed by atoms with van der Waals surface area (Å²) in [5.74, 6) is 0. The first-order chi connectivity index (χ1) is 9.24. The van der Waals surface area contributed by atoms with E-state index in [2.05, 4.69) is 17.0 Å². The molecular weight excluding hydrogens is 238 g/mol. The third-order valence-corrected chi connectivity index (χ3v) is 3.35. The Morgan fingerprint density at radius 2 is 2.21 bits per heavy atom. The monoisotopic (exact) mass is 255 g/mol. The van der Waals surface area contributed by atoms with Gasteiger partial charge in [-0.1, -0.05) is 24.8 Å². The van der Waals surface area contributed by atoms with E-state index in [1.807, 2.05) is 24.3 Å². The van der Waals surface area contributed by atoms with E-state index in [0.29, 0.717) is 18.0 Å². The average Bonchev–Trinajstić information content (AvgIpc) is 3.24. The Morgan fingerprint density at radius 1 is 1.42 bits per heavy atom. The predicted octanol–water partition coefficient (Wildman–Crippen LogP) is 1.70. The van der Waals surface area contributed by atoms with Crippen molar-refractivity contribution < 1.29 is 0 Å². The van der Waals surface area contributed by atoms with E-state index < -0.39 is 0 Å². The largest absolute Gasteiger partial charge is 0.310 e. The number of rotatable bonds is 5. The van der Waals surface area contributed by atoms with Gasteiger partial charge in [0, 0.05) is 18.0 Å². The molecule has 4 heteroatoms. The van der Waals surface area contributed by atoms with Crippen molar-refractivity contribution in [2.45, 2.75) is 25.4 Å². The first kappa shape index (κ1) is 12.1. The third-order valence-electron chi connectivity index (χ3n) is 3.35. The summed E-state index contributed by atoms with van der Waals surface area (Å²) in [5, 5.41) is 9.18. The predicted molar refractivity (Wildman–Crippen MR) is 76.2 cm³/mol. The quantitative estimate of drug-likeness (QED) is 0.827. The lowest BCUT2D eigenvalue weighted by Crippen LogP contribution is -2.27. The van der Waals surface area contributed by atoms with Gasteiger partial charge >= 0.3 is 0 Å². The van der Waals surface area contributed by atoms with Gasteiger partial charge in [0.1, 0.15) is 0 Å². The molecule has 1 fully saturated rings. The molecular formula is C15H17N3O. The van der Waals surface area contributed by atoms with Crippen LogP contribution in [0, 0.1) is 0 Å². The molecule has 3 rings (SSSR count). The van der Waals surface area contributed by atoms with Gasteiger partial charge in [0.25, 0.3) is 5.56 Å². The highest BCUT2D eigenvalue weighted by Crippen LogP contribution is 2.18. The Hall–Kier alpha value is -1.94. The van der Waals surface area contributed by atoms with Crippen LogP contribution in [0.15, 0.2) is 47.4 Å². The maximum Gasteiger partial charge on any atom is 0.274 e. The molecule has 1 aliphatic carbocycles. The number of fused-ring (bicyclic) bond motifs is 1. The number of benzene rings is 1. The minimum absolute atomic E-state index is 0.0503. The average molecular weight is 255 g/mol. The zero-order valence-electron chi connectivity index (χ0n) is 10.8. The number of hydrogen-bond acceptors (Lipinski definition) is 3. The van der Waals surface area contributed by atoms with Gasteiger partial charge in [0.2, 0.25) is 0 Å². The smallest absolute Gasteiger partial charge is 0.274 e. The van der Waals surface area contributed by atoms with Crippen LogP contribution < -0.4 is 10.9 Å². The molecule has 0 saturated heterocycles. The Kier molecular flexibility index (Phi) is 3.17. The topological polar surface area (TPSA) is 46.9 Å². The van der Waals surface area contributed by atoms with E-state index in [1.165, 1.54) is 17.5 Å². The molecule has 1 N–H and O–H groups in total. The van der Waals surface area contributed by atoms with Gasteiger partial charge < -0.3 is 5.32 Å². The van der Waals surface area contributed by atoms with Gasteiger partial charge in [-0.2, -0.15) is 5.10 Å².